The Morgan fingerprint density at radius 2 is 1.60 bits per heavy atom. The highest BCUT2D eigenvalue weighted by atomic mass is 16.7. The zero-order valence-electron chi connectivity index (χ0n) is 9.75. The maximum absolute atomic E-state index is 5.71. The topological polar surface area (TPSA) is 18.5 Å². The van der Waals surface area contributed by atoms with E-state index in [1.807, 2.05) is 0 Å². The summed E-state index contributed by atoms with van der Waals surface area (Å²) in [5, 5.41) is 0. The number of hydrogen-bond donors (Lipinski definition) is 0. The van der Waals surface area contributed by atoms with Gasteiger partial charge in [-0.2, -0.15) is 0 Å². The van der Waals surface area contributed by atoms with E-state index >= 15 is 0 Å². The van der Waals surface area contributed by atoms with Gasteiger partial charge in [0.1, 0.15) is 6.79 Å². The van der Waals surface area contributed by atoms with Gasteiger partial charge in [0.05, 0.1) is 12.7 Å². The minimum Gasteiger partial charge on any atom is -0.352 e. The van der Waals surface area contributed by atoms with Crippen LogP contribution >= 0.6 is 0 Å². The second-order valence-corrected chi connectivity index (χ2v) is 4.26. The van der Waals surface area contributed by atoms with Gasteiger partial charge in [-0.1, -0.05) is 44.6 Å². The summed E-state index contributed by atoms with van der Waals surface area (Å²) in [6.07, 6.45) is 12.8. The van der Waals surface area contributed by atoms with Gasteiger partial charge in [-0.25, -0.2) is 0 Å². The molecular formula is C13H24O2. The predicted octanol–water partition coefficient (Wildman–Crippen LogP) is 3.67. The summed E-state index contributed by atoms with van der Waals surface area (Å²) in [6, 6.07) is 0. The Hall–Kier alpha value is -0.340. The van der Waals surface area contributed by atoms with Crippen LogP contribution in [0.1, 0.15) is 51.4 Å². The molecule has 0 atom stereocenters. The fraction of sp³-hybridized carbons (Fsp3) is 0.846. The standard InChI is InChI=1S/C13H24O2/c1-2-11-14-12-15-13-9-7-5-3-4-6-8-10-13/h2,13H,1,3-12H2. The molecule has 2 nitrogen and oxygen atoms in total. The Kier molecular flexibility index (Phi) is 7.58. The van der Waals surface area contributed by atoms with Gasteiger partial charge in [-0.15, -0.1) is 6.58 Å². The Morgan fingerprint density at radius 1 is 1.00 bits per heavy atom. The SMILES string of the molecule is C=CCOCOC1CCCCCCCC1. The average molecular weight is 212 g/mol. The molecule has 0 aromatic rings. The van der Waals surface area contributed by atoms with E-state index in [-0.39, 0.29) is 0 Å². The lowest BCUT2D eigenvalue weighted by atomic mass is 10.1. The second kappa shape index (κ2) is 8.93. The molecular weight excluding hydrogens is 188 g/mol. The van der Waals surface area contributed by atoms with Crippen LogP contribution in [0.5, 0.6) is 0 Å². The lowest BCUT2D eigenvalue weighted by Crippen LogP contribution is -2.15. The van der Waals surface area contributed by atoms with E-state index in [1.54, 1.807) is 6.08 Å². The first kappa shape index (κ1) is 12.7. The van der Waals surface area contributed by atoms with Gasteiger partial charge in [-0.3, -0.25) is 0 Å². The summed E-state index contributed by atoms with van der Waals surface area (Å²) in [7, 11) is 0. The Balaban J connectivity index is 2.10. The van der Waals surface area contributed by atoms with E-state index in [1.165, 1.54) is 51.4 Å². The molecule has 1 saturated carbocycles. The number of ether oxygens (including phenoxy) is 2. The highest BCUT2D eigenvalue weighted by molar-refractivity contribution is 4.64. The summed E-state index contributed by atoms with van der Waals surface area (Å²) in [5.41, 5.74) is 0. The van der Waals surface area contributed by atoms with Crippen LogP contribution in [0.25, 0.3) is 0 Å². The van der Waals surface area contributed by atoms with Crippen molar-refractivity contribution in [1.82, 2.24) is 0 Å². The maximum atomic E-state index is 5.71. The largest absolute Gasteiger partial charge is 0.352 e. The van der Waals surface area contributed by atoms with Crippen molar-refractivity contribution in [1.29, 1.82) is 0 Å². The molecule has 1 aliphatic rings. The van der Waals surface area contributed by atoms with Gasteiger partial charge in [-0.05, 0) is 12.8 Å². The van der Waals surface area contributed by atoms with Crippen molar-refractivity contribution < 1.29 is 9.47 Å². The molecule has 0 spiro atoms. The zero-order valence-corrected chi connectivity index (χ0v) is 9.75. The Morgan fingerprint density at radius 3 is 2.20 bits per heavy atom. The average Bonchev–Trinajstić information content (AvgIpc) is 2.38. The molecule has 1 fully saturated rings. The van der Waals surface area contributed by atoms with Crippen molar-refractivity contribution in [3.63, 3.8) is 0 Å². The predicted molar refractivity (Wildman–Crippen MR) is 62.8 cm³/mol. The van der Waals surface area contributed by atoms with Crippen LogP contribution in [0, 0.1) is 0 Å². The Labute approximate surface area is 93.7 Å². The molecule has 0 unspecified atom stereocenters. The number of hydrogen-bond acceptors (Lipinski definition) is 2. The molecule has 1 aliphatic carbocycles. The van der Waals surface area contributed by atoms with Crippen molar-refractivity contribution in [2.45, 2.75) is 57.5 Å². The minimum absolute atomic E-state index is 0.424. The molecule has 1 rings (SSSR count). The van der Waals surface area contributed by atoms with E-state index in [0.29, 0.717) is 19.5 Å². The van der Waals surface area contributed by atoms with Gasteiger partial charge in [0.15, 0.2) is 0 Å². The molecule has 88 valence electrons. The summed E-state index contributed by atoms with van der Waals surface area (Å²) < 4.78 is 11.0. The van der Waals surface area contributed by atoms with Crippen LogP contribution in [-0.4, -0.2) is 19.5 Å². The van der Waals surface area contributed by atoms with Crippen molar-refractivity contribution in [2.24, 2.45) is 0 Å². The molecule has 0 radical (unpaired) electrons. The zero-order chi connectivity index (χ0) is 10.8. The quantitative estimate of drug-likeness (QED) is 0.393. The van der Waals surface area contributed by atoms with Crippen LogP contribution in [0.2, 0.25) is 0 Å². The van der Waals surface area contributed by atoms with Crippen molar-refractivity contribution in [3.8, 4) is 0 Å². The van der Waals surface area contributed by atoms with Gasteiger partial charge < -0.3 is 9.47 Å². The van der Waals surface area contributed by atoms with Crippen LogP contribution in [-0.2, 0) is 9.47 Å². The third-order valence-corrected chi connectivity index (χ3v) is 2.92. The van der Waals surface area contributed by atoms with Gasteiger partial charge in [0.25, 0.3) is 0 Å². The highest BCUT2D eigenvalue weighted by Gasteiger charge is 2.10. The normalized spacial score (nSPS) is 20.3. The first-order valence-corrected chi connectivity index (χ1v) is 6.23. The summed E-state index contributed by atoms with van der Waals surface area (Å²) >= 11 is 0. The van der Waals surface area contributed by atoms with Crippen molar-refractivity contribution in [2.75, 3.05) is 13.4 Å². The van der Waals surface area contributed by atoms with Crippen LogP contribution in [0.15, 0.2) is 12.7 Å². The molecule has 0 amide bonds. The van der Waals surface area contributed by atoms with Crippen LogP contribution in [0.3, 0.4) is 0 Å². The van der Waals surface area contributed by atoms with Crippen molar-refractivity contribution in [3.05, 3.63) is 12.7 Å². The summed E-state index contributed by atoms with van der Waals surface area (Å²) in [6.45, 7) is 4.62. The molecule has 0 saturated heterocycles. The first-order valence-electron chi connectivity index (χ1n) is 6.23. The third-order valence-electron chi connectivity index (χ3n) is 2.92. The molecule has 0 aromatic heterocycles. The molecule has 0 aliphatic heterocycles. The molecule has 0 aromatic carbocycles. The minimum atomic E-state index is 0.424. The molecule has 0 bridgehead atoms. The fourth-order valence-electron chi connectivity index (χ4n) is 2.04. The number of rotatable bonds is 5. The molecule has 2 heteroatoms. The summed E-state index contributed by atoms with van der Waals surface area (Å²) in [4.78, 5) is 0. The third kappa shape index (κ3) is 6.69. The maximum Gasteiger partial charge on any atom is 0.147 e. The van der Waals surface area contributed by atoms with Crippen molar-refractivity contribution >= 4 is 0 Å². The molecule has 15 heavy (non-hydrogen) atoms. The van der Waals surface area contributed by atoms with Gasteiger partial charge in [0, 0.05) is 0 Å². The monoisotopic (exact) mass is 212 g/mol. The lowest BCUT2D eigenvalue weighted by Gasteiger charge is -2.16. The smallest absolute Gasteiger partial charge is 0.147 e. The van der Waals surface area contributed by atoms with Gasteiger partial charge >= 0.3 is 0 Å². The highest BCUT2D eigenvalue weighted by Crippen LogP contribution is 2.19. The van der Waals surface area contributed by atoms with Crippen LogP contribution in [0.4, 0.5) is 0 Å². The molecule has 0 heterocycles. The van der Waals surface area contributed by atoms with E-state index in [2.05, 4.69) is 6.58 Å². The van der Waals surface area contributed by atoms with Gasteiger partial charge in [0.2, 0.25) is 0 Å². The Bertz CT molecular complexity index is 147. The second-order valence-electron chi connectivity index (χ2n) is 4.26. The fourth-order valence-corrected chi connectivity index (χ4v) is 2.04. The van der Waals surface area contributed by atoms with Crippen LogP contribution < -0.4 is 0 Å². The van der Waals surface area contributed by atoms with E-state index in [9.17, 15) is 0 Å². The van der Waals surface area contributed by atoms with E-state index in [0.717, 1.165) is 0 Å². The summed E-state index contributed by atoms with van der Waals surface area (Å²) in [5.74, 6) is 0. The first-order chi connectivity index (χ1) is 7.43. The lowest BCUT2D eigenvalue weighted by molar-refractivity contribution is -0.0870. The molecule has 0 N–H and O–H groups in total. The van der Waals surface area contributed by atoms with E-state index in [4.69, 9.17) is 9.47 Å². The van der Waals surface area contributed by atoms with E-state index < -0.39 is 0 Å².